The first kappa shape index (κ1) is 33.6. The van der Waals surface area contributed by atoms with Gasteiger partial charge in [0.05, 0.1) is 42.3 Å². The van der Waals surface area contributed by atoms with E-state index < -0.39 is 28.3 Å². The van der Waals surface area contributed by atoms with Crippen LogP contribution < -0.4 is 10.0 Å². The molecule has 12 nitrogen and oxygen atoms in total. The van der Waals surface area contributed by atoms with Gasteiger partial charge in [-0.1, -0.05) is 18.2 Å². The minimum atomic E-state index is -5.08. The standard InChI is InChI=1S/C25H32N4O6S.C2HF3O2/c1-16(26-15-23(31)17-6-7-22(30)21(13-17)28-36(2,33)34)12-18-14-27-24-19(18)4-3-5-20(24)25(32)29-8-10-35-11-9-29;3-2(4,5)1(6)7/h3-7,13-14,16,23,26-28,30-31H,8-12,15H2,1-2H3;(H,6,7)/t16-,23+;/m1./s1. The van der Waals surface area contributed by atoms with Gasteiger partial charge in [-0.25, -0.2) is 13.2 Å². The number of nitrogens with one attached hydrogen (secondary N) is 3. The van der Waals surface area contributed by atoms with Crippen molar-refractivity contribution in [2.45, 2.75) is 31.7 Å². The van der Waals surface area contributed by atoms with Crippen LogP contribution in [-0.4, -0.2) is 96.8 Å². The lowest BCUT2D eigenvalue weighted by atomic mass is 10.0. The Labute approximate surface area is 245 Å². The molecule has 43 heavy (non-hydrogen) atoms. The van der Waals surface area contributed by atoms with Crippen LogP contribution in [0.2, 0.25) is 0 Å². The zero-order valence-electron chi connectivity index (χ0n) is 23.3. The average molecular weight is 631 g/mol. The summed E-state index contributed by atoms with van der Waals surface area (Å²) in [5.74, 6) is -2.98. The number of nitrogens with zero attached hydrogens (tertiary/aromatic N) is 1. The van der Waals surface area contributed by atoms with Gasteiger partial charge in [-0.15, -0.1) is 0 Å². The molecule has 3 aromatic rings. The van der Waals surface area contributed by atoms with Crippen molar-refractivity contribution in [1.82, 2.24) is 15.2 Å². The van der Waals surface area contributed by atoms with E-state index in [9.17, 15) is 36.6 Å². The largest absolute Gasteiger partial charge is 0.506 e. The number of ether oxygens (including phenoxy) is 1. The fraction of sp³-hybridized carbons (Fsp3) is 0.407. The summed E-state index contributed by atoms with van der Waals surface area (Å²) in [5, 5.41) is 31.9. The highest BCUT2D eigenvalue weighted by molar-refractivity contribution is 7.92. The van der Waals surface area contributed by atoms with E-state index in [2.05, 4.69) is 15.0 Å². The summed E-state index contributed by atoms with van der Waals surface area (Å²) in [6.45, 7) is 4.49. The van der Waals surface area contributed by atoms with Gasteiger partial charge >= 0.3 is 12.1 Å². The summed E-state index contributed by atoms with van der Waals surface area (Å²) >= 11 is 0. The number of halogens is 3. The molecule has 1 amide bonds. The molecule has 6 N–H and O–H groups in total. The second kappa shape index (κ2) is 14.1. The molecule has 1 aliphatic heterocycles. The van der Waals surface area contributed by atoms with Crippen molar-refractivity contribution in [2.75, 3.05) is 43.8 Å². The zero-order valence-corrected chi connectivity index (χ0v) is 24.1. The van der Waals surface area contributed by atoms with E-state index in [1.54, 1.807) is 6.07 Å². The molecule has 0 bridgehead atoms. The summed E-state index contributed by atoms with van der Waals surface area (Å²) in [5.41, 5.74) is 2.99. The molecule has 2 atom stereocenters. The summed E-state index contributed by atoms with van der Waals surface area (Å²) in [6, 6.07) is 10.0. The Bertz CT molecular complexity index is 1540. The number of aromatic amines is 1. The van der Waals surface area contributed by atoms with Crippen LogP contribution in [-0.2, 0) is 26.0 Å². The van der Waals surface area contributed by atoms with Gasteiger partial charge in [0.2, 0.25) is 10.0 Å². The van der Waals surface area contributed by atoms with Crippen molar-refractivity contribution in [1.29, 1.82) is 0 Å². The maximum absolute atomic E-state index is 13.0. The number of morpholine rings is 1. The number of alkyl halides is 3. The summed E-state index contributed by atoms with van der Waals surface area (Å²) in [6.07, 6.45) is -2.42. The number of carboxylic acid groups (broad SMARTS) is 1. The van der Waals surface area contributed by atoms with Crippen molar-refractivity contribution < 1.29 is 51.2 Å². The monoisotopic (exact) mass is 630 g/mol. The number of aliphatic hydroxyl groups excluding tert-OH is 1. The van der Waals surface area contributed by atoms with Crippen molar-refractivity contribution in [2.24, 2.45) is 0 Å². The average Bonchev–Trinajstić information content (AvgIpc) is 3.34. The van der Waals surface area contributed by atoms with Gasteiger partial charge in [0.1, 0.15) is 5.75 Å². The first-order valence-electron chi connectivity index (χ1n) is 13.0. The van der Waals surface area contributed by atoms with Crippen molar-refractivity contribution in [3.8, 4) is 5.75 Å². The highest BCUT2D eigenvalue weighted by Gasteiger charge is 2.38. The van der Waals surface area contributed by atoms with Crippen LogP contribution >= 0.6 is 0 Å². The Morgan fingerprint density at radius 1 is 1.16 bits per heavy atom. The number of anilines is 1. The molecule has 1 saturated heterocycles. The molecule has 0 aliphatic carbocycles. The Morgan fingerprint density at radius 2 is 1.81 bits per heavy atom. The van der Waals surface area contributed by atoms with Crippen molar-refractivity contribution in [3.63, 3.8) is 0 Å². The van der Waals surface area contributed by atoms with E-state index in [0.717, 1.165) is 22.7 Å². The molecule has 4 rings (SSSR count). The number of carbonyl (C=O) groups is 2. The van der Waals surface area contributed by atoms with E-state index >= 15 is 0 Å². The molecule has 0 spiro atoms. The minimum absolute atomic E-state index is 0.00276. The van der Waals surface area contributed by atoms with Crippen LogP contribution in [0.1, 0.15) is 34.5 Å². The third kappa shape index (κ3) is 9.57. The van der Waals surface area contributed by atoms with E-state index in [-0.39, 0.29) is 29.9 Å². The number of aromatic nitrogens is 1. The number of fused-ring (bicyclic) bond motifs is 1. The van der Waals surface area contributed by atoms with Gasteiger partial charge in [0.25, 0.3) is 5.91 Å². The number of hydrogen-bond donors (Lipinski definition) is 6. The maximum Gasteiger partial charge on any atom is 0.490 e. The van der Waals surface area contributed by atoms with Gasteiger partial charge in [0, 0.05) is 37.3 Å². The molecule has 1 aromatic heterocycles. The predicted molar refractivity (Wildman–Crippen MR) is 151 cm³/mol. The number of aromatic hydroxyl groups is 1. The fourth-order valence-corrected chi connectivity index (χ4v) is 4.93. The first-order chi connectivity index (χ1) is 20.1. The number of para-hydroxylation sites is 1. The Morgan fingerprint density at radius 3 is 2.42 bits per heavy atom. The molecule has 2 heterocycles. The number of carbonyl (C=O) groups excluding carboxylic acids is 1. The van der Waals surface area contributed by atoms with Crippen LogP contribution in [0.4, 0.5) is 18.9 Å². The molecular formula is C27H33F3N4O8S. The van der Waals surface area contributed by atoms with Crippen LogP contribution in [0.3, 0.4) is 0 Å². The number of rotatable bonds is 9. The number of phenolic OH excluding ortho intramolecular Hbond substituents is 1. The van der Waals surface area contributed by atoms with Gasteiger partial charge < -0.3 is 35.3 Å². The molecular weight excluding hydrogens is 597 g/mol. The quantitative estimate of drug-likeness (QED) is 0.194. The van der Waals surface area contributed by atoms with E-state index in [0.29, 0.717) is 43.9 Å². The van der Waals surface area contributed by atoms with Crippen LogP contribution in [0.15, 0.2) is 42.6 Å². The molecule has 2 aromatic carbocycles. The normalized spacial score (nSPS) is 15.3. The third-order valence-electron chi connectivity index (χ3n) is 6.46. The predicted octanol–water partition coefficient (Wildman–Crippen LogP) is 2.60. The van der Waals surface area contributed by atoms with Crippen molar-refractivity contribution in [3.05, 3.63) is 59.3 Å². The lowest BCUT2D eigenvalue weighted by Gasteiger charge is -2.27. The lowest BCUT2D eigenvalue weighted by Crippen LogP contribution is -2.40. The lowest BCUT2D eigenvalue weighted by molar-refractivity contribution is -0.192. The summed E-state index contributed by atoms with van der Waals surface area (Å²) in [4.78, 5) is 27.0. The topological polar surface area (TPSA) is 181 Å². The number of aliphatic hydroxyl groups is 1. The molecule has 1 aliphatic rings. The smallest absolute Gasteiger partial charge is 0.490 e. The molecule has 236 valence electrons. The Hall–Kier alpha value is -3.86. The van der Waals surface area contributed by atoms with E-state index in [1.807, 2.05) is 36.2 Å². The number of aliphatic carboxylic acids is 1. The fourth-order valence-electron chi connectivity index (χ4n) is 4.37. The number of hydrogen-bond acceptors (Lipinski definition) is 8. The van der Waals surface area contributed by atoms with E-state index in [4.69, 9.17) is 14.6 Å². The van der Waals surface area contributed by atoms with Crippen LogP contribution in [0, 0.1) is 0 Å². The Kier molecular flexibility index (Phi) is 11.0. The van der Waals surface area contributed by atoms with Crippen LogP contribution in [0.25, 0.3) is 10.9 Å². The molecule has 16 heteroatoms. The van der Waals surface area contributed by atoms with Gasteiger partial charge in [-0.3, -0.25) is 9.52 Å². The first-order valence-corrected chi connectivity index (χ1v) is 14.9. The minimum Gasteiger partial charge on any atom is -0.506 e. The number of H-pyrrole nitrogens is 1. The Balaban J connectivity index is 0.000000646. The van der Waals surface area contributed by atoms with Crippen LogP contribution in [0.5, 0.6) is 5.75 Å². The van der Waals surface area contributed by atoms with Gasteiger partial charge in [-0.2, -0.15) is 13.2 Å². The summed E-state index contributed by atoms with van der Waals surface area (Å²) in [7, 11) is -3.57. The SMILES string of the molecule is C[C@H](Cc1c[nH]c2c(C(=O)N3CCOCC3)cccc12)NC[C@H](O)c1ccc(O)c(NS(C)(=O)=O)c1.O=C(O)C(F)(F)F. The second-order valence-corrected chi connectivity index (χ2v) is 11.7. The highest BCUT2D eigenvalue weighted by atomic mass is 32.2. The second-order valence-electron chi connectivity index (χ2n) is 9.93. The number of amides is 1. The van der Waals surface area contributed by atoms with Crippen molar-refractivity contribution >= 4 is 38.5 Å². The maximum atomic E-state index is 13.0. The number of carboxylic acids is 1. The summed E-state index contributed by atoms with van der Waals surface area (Å²) < 4.78 is 62.3. The highest BCUT2D eigenvalue weighted by Crippen LogP contribution is 2.28. The van der Waals surface area contributed by atoms with Gasteiger partial charge in [-0.05, 0) is 42.7 Å². The zero-order chi connectivity index (χ0) is 31.9. The molecule has 0 saturated carbocycles. The molecule has 0 radical (unpaired) electrons. The number of phenols is 1. The number of benzene rings is 2. The number of sulfonamides is 1. The third-order valence-corrected chi connectivity index (χ3v) is 7.05. The van der Waals surface area contributed by atoms with E-state index in [1.165, 1.54) is 12.1 Å². The van der Waals surface area contributed by atoms with Gasteiger partial charge in [0.15, 0.2) is 0 Å². The molecule has 0 unspecified atom stereocenters. The molecule has 1 fully saturated rings.